The monoisotopic (exact) mass is 267 g/mol. The first kappa shape index (κ1) is 10.8. The van der Waals surface area contributed by atoms with E-state index in [4.69, 9.17) is 0 Å². The molecule has 0 aliphatic heterocycles. The lowest BCUT2D eigenvalue weighted by Crippen LogP contribution is -1.99. The number of rotatable bonds is 3. The molecule has 0 N–H and O–H groups in total. The van der Waals surface area contributed by atoms with Gasteiger partial charge in [-0.25, -0.2) is 8.60 Å². The molecule has 0 bridgehead atoms. The number of hydrogen-bond donors (Lipinski definition) is 0. The van der Waals surface area contributed by atoms with Gasteiger partial charge in [-0.1, -0.05) is 28.1 Å². The van der Waals surface area contributed by atoms with Crippen molar-refractivity contribution in [2.24, 2.45) is 0 Å². The Morgan fingerprint density at radius 3 is 2.46 bits per heavy atom. The van der Waals surface area contributed by atoms with Gasteiger partial charge in [0.1, 0.15) is 5.82 Å². The van der Waals surface area contributed by atoms with Crippen LogP contribution < -0.4 is 0 Å². The molecular weight excluding hydrogens is 263 g/mol. The first-order chi connectivity index (χ1) is 6.09. The number of alkyl halides is 1. The lowest BCUT2D eigenvalue weighted by Gasteiger charge is -2.12. The summed E-state index contributed by atoms with van der Waals surface area (Å²) in [5.41, 5.74) is 0.533. The molecule has 1 aromatic rings. The van der Waals surface area contributed by atoms with Gasteiger partial charge in [0, 0.05) is 0 Å². The maximum atomic E-state index is 12.4. The van der Waals surface area contributed by atoms with E-state index in [0.29, 0.717) is 5.56 Å². The molecule has 0 aliphatic rings. The SMILES string of the molecule is O=S([O-])OC(Br)c1ccc(F)cc1. The number of halogens is 2. The van der Waals surface area contributed by atoms with E-state index in [-0.39, 0.29) is 5.82 Å². The van der Waals surface area contributed by atoms with E-state index in [0.717, 1.165) is 0 Å². The Balaban J connectivity index is 2.71. The molecule has 2 atom stereocenters. The molecule has 0 fully saturated rings. The van der Waals surface area contributed by atoms with Crippen molar-refractivity contribution in [1.29, 1.82) is 0 Å². The van der Waals surface area contributed by atoms with Crippen molar-refractivity contribution in [1.82, 2.24) is 0 Å². The van der Waals surface area contributed by atoms with Gasteiger partial charge in [0.05, 0.1) is 11.4 Å². The number of benzene rings is 1. The van der Waals surface area contributed by atoms with Crippen molar-refractivity contribution in [2.45, 2.75) is 5.01 Å². The minimum atomic E-state index is -2.59. The topological polar surface area (TPSA) is 49.4 Å². The van der Waals surface area contributed by atoms with Crippen LogP contribution in [-0.4, -0.2) is 8.76 Å². The van der Waals surface area contributed by atoms with Crippen LogP contribution in [0.25, 0.3) is 0 Å². The average Bonchev–Trinajstić information content (AvgIpc) is 2.04. The van der Waals surface area contributed by atoms with E-state index < -0.39 is 16.4 Å². The summed E-state index contributed by atoms with van der Waals surface area (Å²) in [4.78, 5) is 0. The highest BCUT2D eigenvalue weighted by atomic mass is 79.9. The summed E-state index contributed by atoms with van der Waals surface area (Å²) in [6.45, 7) is 0. The van der Waals surface area contributed by atoms with Crippen molar-refractivity contribution in [3.8, 4) is 0 Å². The molecule has 13 heavy (non-hydrogen) atoms. The fraction of sp³-hybridized carbons (Fsp3) is 0.143. The molecule has 0 amide bonds. The zero-order valence-electron chi connectivity index (χ0n) is 6.28. The molecule has 1 aromatic carbocycles. The Morgan fingerprint density at radius 2 is 2.00 bits per heavy atom. The van der Waals surface area contributed by atoms with Crippen LogP contribution in [0, 0.1) is 5.82 Å². The van der Waals surface area contributed by atoms with Gasteiger partial charge in [0.2, 0.25) is 0 Å². The van der Waals surface area contributed by atoms with Crippen LogP contribution >= 0.6 is 15.9 Å². The number of hydrogen-bond acceptors (Lipinski definition) is 3. The second kappa shape index (κ2) is 4.80. The Hall–Kier alpha value is -0.300. The molecule has 0 spiro atoms. The lowest BCUT2D eigenvalue weighted by atomic mass is 10.2. The maximum absolute atomic E-state index is 12.4. The summed E-state index contributed by atoms with van der Waals surface area (Å²) in [6, 6.07) is 5.31. The smallest absolute Gasteiger partial charge is 0.153 e. The minimum absolute atomic E-state index is 0.383. The van der Waals surface area contributed by atoms with Crippen molar-refractivity contribution < 1.29 is 17.3 Å². The van der Waals surface area contributed by atoms with Crippen molar-refractivity contribution >= 4 is 27.3 Å². The van der Waals surface area contributed by atoms with Gasteiger partial charge >= 0.3 is 0 Å². The Labute approximate surface area is 85.5 Å². The first-order valence-electron chi connectivity index (χ1n) is 3.25. The Kier molecular flexibility index (Phi) is 3.98. The molecule has 0 saturated carbocycles. The fourth-order valence-electron chi connectivity index (χ4n) is 0.739. The summed E-state index contributed by atoms with van der Waals surface area (Å²) in [6.07, 6.45) is 0. The molecule has 0 saturated heterocycles. The van der Waals surface area contributed by atoms with Crippen LogP contribution in [0.2, 0.25) is 0 Å². The molecule has 0 aliphatic carbocycles. The van der Waals surface area contributed by atoms with Crippen molar-refractivity contribution in [3.63, 3.8) is 0 Å². The summed E-state index contributed by atoms with van der Waals surface area (Å²) < 4.78 is 37.1. The predicted octanol–water partition coefficient (Wildman–Crippen LogP) is 2.03. The van der Waals surface area contributed by atoms with E-state index in [1.807, 2.05) is 0 Å². The normalized spacial score (nSPS) is 15.3. The molecule has 3 nitrogen and oxygen atoms in total. The highest BCUT2D eigenvalue weighted by Gasteiger charge is 2.07. The van der Waals surface area contributed by atoms with Crippen molar-refractivity contribution in [3.05, 3.63) is 35.6 Å². The summed E-state index contributed by atoms with van der Waals surface area (Å²) in [5, 5.41) is -0.772. The van der Waals surface area contributed by atoms with Crippen LogP contribution in [0.15, 0.2) is 24.3 Å². The molecule has 0 heterocycles. The first-order valence-corrected chi connectivity index (χ1v) is 5.17. The van der Waals surface area contributed by atoms with E-state index >= 15 is 0 Å². The van der Waals surface area contributed by atoms with Gasteiger partial charge in [-0.05, 0) is 17.7 Å². The summed E-state index contributed by atoms with van der Waals surface area (Å²) in [7, 11) is 0. The molecule has 1 rings (SSSR count). The minimum Gasteiger partial charge on any atom is -0.750 e. The largest absolute Gasteiger partial charge is 0.750 e. The van der Waals surface area contributed by atoms with Crippen molar-refractivity contribution in [2.75, 3.05) is 0 Å². The third-order valence-electron chi connectivity index (χ3n) is 1.30. The molecule has 6 heteroatoms. The second-order valence-electron chi connectivity index (χ2n) is 2.17. The predicted molar refractivity (Wildman–Crippen MR) is 48.1 cm³/mol. The molecule has 2 unspecified atom stereocenters. The second-order valence-corrected chi connectivity index (χ2v) is 3.60. The average molecular weight is 268 g/mol. The third kappa shape index (κ3) is 3.51. The van der Waals surface area contributed by atoms with Crippen LogP contribution in [0.5, 0.6) is 0 Å². The highest BCUT2D eigenvalue weighted by molar-refractivity contribution is 9.09. The fourth-order valence-corrected chi connectivity index (χ4v) is 1.67. The lowest BCUT2D eigenvalue weighted by molar-refractivity contribution is 0.287. The van der Waals surface area contributed by atoms with E-state index in [9.17, 15) is 13.2 Å². The standard InChI is InChI=1S/C7H6BrFO3S/c8-7(12-13(10)11)5-1-3-6(9)4-2-5/h1-4,7H,(H,10,11)/p-1. The van der Waals surface area contributed by atoms with Gasteiger partial charge in [0.25, 0.3) is 0 Å². The molecule has 0 aromatic heterocycles. The maximum Gasteiger partial charge on any atom is 0.153 e. The van der Waals surface area contributed by atoms with Crippen LogP contribution in [-0.2, 0) is 15.5 Å². The van der Waals surface area contributed by atoms with Crippen LogP contribution in [0.4, 0.5) is 4.39 Å². The summed E-state index contributed by atoms with van der Waals surface area (Å²) in [5.74, 6) is -0.383. The zero-order chi connectivity index (χ0) is 9.84. The third-order valence-corrected chi connectivity index (χ3v) is 2.61. The summed E-state index contributed by atoms with van der Waals surface area (Å²) >= 11 is 0.381. The van der Waals surface area contributed by atoms with E-state index in [1.165, 1.54) is 24.3 Å². The Morgan fingerprint density at radius 1 is 1.46 bits per heavy atom. The van der Waals surface area contributed by atoms with E-state index in [1.54, 1.807) is 0 Å². The van der Waals surface area contributed by atoms with E-state index in [2.05, 4.69) is 20.1 Å². The van der Waals surface area contributed by atoms with Gasteiger partial charge < -0.3 is 4.55 Å². The van der Waals surface area contributed by atoms with Gasteiger partial charge in [-0.2, -0.15) is 0 Å². The Bertz CT molecular complexity index is 303. The molecule has 0 radical (unpaired) electrons. The van der Waals surface area contributed by atoms with Crippen LogP contribution in [0.3, 0.4) is 0 Å². The zero-order valence-corrected chi connectivity index (χ0v) is 8.68. The van der Waals surface area contributed by atoms with Gasteiger partial charge in [-0.15, -0.1) is 0 Å². The molecular formula is C7H5BrFO3S-. The van der Waals surface area contributed by atoms with Gasteiger partial charge in [0.15, 0.2) is 5.01 Å². The highest BCUT2D eigenvalue weighted by Crippen LogP contribution is 2.24. The van der Waals surface area contributed by atoms with Crippen LogP contribution in [0.1, 0.15) is 10.6 Å². The quantitative estimate of drug-likeness (QED) is 0.622. The van der Waals surface area contributed by atoms with Gasteiger partial charge in [-0.3, -0.25) is 4.18 Å². The molecule has 72 valence electrons.